The van der Waals surface area contributed by atoms with E-state index in [1.54, 1.807) is 0 Å². The maximum Gasteiger partial charge on any atom is 0.407 e. The van der Waals surface area contributed by atoms with Crippen molar-refractivity contribution in [3.63, 3.8) is 0 Å². The first-order valence-corrected chi connectivity index (χ1v) is 13.8. The molecule has 0 aromatic heterocycles. The van der Waals surface area contributed by atoms with Gasteiger partial charge in [0, 0.05) is 31.3 Å². The molecule has 36 heavy (non-hydrogen) atoms. The third-order valence-electron chi connectivity index (χ3n) is 8.05. The van der Waals surface area contributed by atoms with Crippen LogP contribution in [0, 0.1) is 17.3 Å². The number of hydrogen-bond donors (Lipinski definition) is 2. The number of esters is 1. The van der Waals surface area contributed by atoms with Gasteiger partial charge in [-0.3, -0.25) is 4.79 Å². The second kappa shape index (κ2) is 12.1. The van der Waals surface area contributed by atoms with Crippen LogP contribution in [0.25, 0.3) is 0 Å². The lowest BCUT2D eigenvalue weighted by atomic mass is 9.66. The van der Waals surface area contributed by atoms with Crippen LogP contribution in [0.2, 0.25) is 0 Å². The van der Waals surface area contributed by atoms with Gasteiger partial charge in [0.2, 0.25) is 0 Å². The SMILES string of the molecule is CN(C)CC1CCCCC1(O)C1C=CC=C(OC(=O)CC2(CNC(=O)OC(C)(C)C)CCCCC2)C1. The lowest BCUT2D eigenvalue weighted by Crippen LogP contribution is -2.50. The van der Waals surface area contributed by atoms with E-state index in [9.17, 15) is 14.7 Å². The van der Waals surface area contributed by atoms with Crippen LogP contribution in [0.3, 0.4) is 0 Å². The Balaban J connectivity index is 1.60. The number of aliphatic hydroxyl groups is 1. The van der Waals surface area contributed by atoms with Gasteiger partial charge in [-0.2, -0.15) is 0 Å². The van der Waals surface area contributed by atoms with E-state index in [1.807, 2.05) is 32.9 Å². The van der Waals surface area contributed by atoms with E-state index in [0.29, 0.717) is 18.7 Å². The van der Waals surface area contributed by atoms with Crippen LogP contribution >= 0.6 is 0 Å². The predicted molar refractivity (Wildman–Crippen MR) is 141 cm³/mol. The first-order chi connectivity index (χ1) is 16.9. The molecule has 204 valence electrons. The predicted octanol–water partition coefficient (Wildman–Crippen LogP) is 5.34. The Morgan fingerprint density at radius 1 is 1.11 bits per heavy atom. The Morgan fingerprint density at radius 2 is 1.81 bits per heavy atom. The standard InChI is InChI=1S/C29H48N2O5/c1-27(2,3)36-26(33)30-21-28(15-8-6-9-16-28)19-25(32)35-24-14-11-13-22(18-24)29(34)17-10-7-12-23(29)20-31(4)5/h11,13-14,22-23,34H,6-10,12,15-21H2,1-5H3,(H,30,33). The average Bonchev–Trinajstić information content (AvgIpc) is 2.79. The fourth-order valence-corrected chi connectivity index (χ4v) is 6.28. The summed E-state index contributed by atoms with van der Waals surface area (Å²) in [5, 5.41) is 14.7. The summed E-state index contributed by atoms with van der Waals surface area (Å²) < 4.78 is 11.3. The number of rotatable bonds is 8. The number of ether oxygens (including phenoxy) is 2. The molecule has 0 aromatic rings. The van der Waals surface area contributed by atoms with Crippen molar-refractivity contribution in [2.45, 2.75) is 103 Å². The number of nitrogens with zero attached hydrogens (tertiary/aromatic N) is 1. The fourth-order valence-electron chi connectivity index (χ4n) is 6.28. The second-order valence-electron chi connectivity index (χ2n) is 12.6. The smallest absolute Gasteiger partial charge is 0.407 e. The number of allylic oxidation sites excluding steroid dienone is 3. The van der Waals surface area contributed by atoms with E-state index in [1.165, 1.54) is 0 Å². The minimum absolute atomic E-state index is 0.0620. The highest BCUT2D eigenvalue weighted by atomic mass is 16.6. The van der Waals surface area contributed by atoms with Crippen LogP contribution in [-0.4, -0.2) is 60.5 Å². The molecular weight excluding hydrogens is 456 g/mol. The zero-order chi connectivity index (χ0) is 26.4. The molecule has 1 amide bonds. The molecule has 2 saturated carbocycles. The van der Waals surface area contributed by atoms with Crippen molar-refractivity contribution in [2.75, 3.05) is 27.2 Å². The Bertz CT molecular complexity index is 822. The Kier molecular flexibility index (Phi) is 9.67. The molecule has 0 saturated heterocycles. The highest BCUT2D eigenvalue weighted by molar-refractivity contribution is 5.72. The maximum atomic E-state index is 13.1. The van der Waals surface area contributed by atoms with E-state index in [-0.39, 0.29) is 29.6 Å². The van der Waals surface area contributed by atoms with Crippen molar-refractivity contribution in [3.05, 3.63) is 24.0 Å². The van der Waals surface area contributed by atoms with E-state index in [4.69, 9.17) is 9.47 Å². The van der Waals surface area contributed by atoms with Gasteiger partial charge in [0.25, 0.3) is 0 Å². The Hall–Kier alpha value is -1.86. The van der Waals surface area contributed by atoms with E-state index < -0.39 is 17.3 Å². The van der Waals surface area contributed by atoms with Crippen LogP contribution in [0.15, 0.2) is 24.0 Å². The van der Waals surface area contributed by atoms with Gasteiger partial charge in [0.1, 0.15) is 11.4 Å². The normalized spacial score (nSPS) is 28.4. The summed E-state index contributed by atoms with van der Waals surface area (Å²) in [4.78, 5) is 27.5. The van der Waals surface area contributed by atoms with Crippen LogP contribution in [-0.2, 0) is 14.3 Å². The molecule has 7 heteroatoms. The van der Waals surface area contributed by atoms with Gasteiger partial charge in [-0.25, -0.2) is 4.79 Å². The minimum Gasteiger partial charge on any atom is -0.444 e. The molecule has 0 aliphatic heterocycles. The van der Waals surface area contributed by atoms with Crippen LogP contribution < -0.4 is 5.32 Å². The van der Waals surface area contributed by atoms with Gasteiger partial charge in [0.05, 0.1) is 12.0 Å². The molecule has 0 radical (unpaired) electrons. The number of carbonyl (C=O) groups is 2. The third-order valence-corrected chi connectivity index (χ3v) is 8.05. The van der Waals surface area contributed by atoms with Crippen molar-refractivity contribution < 1.29 is 24.2 Å². The zero-order valence-electron chi connectivity index (χ0n) is 23.1. The first-order valence-electron chi connectivity index (χ1n) is 13.8. The molecular formula is C29H48N2O5. The molecule has 3 aliphatic carbocycles. The number of hydrogen-bond acceptors (Lipinski definition) is 6. The van der Waals surface area contributed by atoms with Crippen molar-refractivity contribution in [1.29, 1.82) is 0 Å². The van der Waals surface area contributed by atoms with Gasteiger partial charge < -0.3 is 24.8 Å². The molecule has 0 bridgehead atoms. The van der Waals surface area contributed by atoms with Gasteiger partial charge in [-0.05, 0) is 72.0 Å². The van der Waals surface area contributed by atoms with Gasteiger partial charge in [-0.15, -0.1) is 0 Å². The molecule has 2 fully saturated rings. The monoisotopic (exact) mass is 504 g/mol. The molecule has 3 rings (SSSR count). The highest BCUT2D eigenvalue weighted by Crippen LogP contribution is 2.44. The summed E-state index contributed by atoms with van der Waals surface area (Å²) in [6.07, 6.45) is 15.2. The molecule has 3 atom stereocenters. The lowest BCUT2D eigenvalue weighted by Gasteiger charge is -2.46. The fraction of sp³-hybridized carbons (Fsp3) is 0.793. The Labute approximate surface area is 217 Å². The van der Waals surface area contributed by atoms with Crippen molar-refractivity contribution >= 4 is 12.1 Å². The van der Waals surface area contributed by atoms with Crippen LogP contribution in [0.4, 0.5) is 4.79 Å². The van der Waals surface area contributed by atoms with Crippen molar-refractivity contribution in [1.82, 2.24) is 10.2 Å². The molecule has 0 heterocycles. The molecule has 0 spiro atoms. The number of alkyl carbamates (subject to hydrolysis) is 1. The lowest BCUT2D eigenvalue weighted by molar-refractivity contribution is -0.144. The van der Waals surface area contributed by atoms with Crippen LogP contribution in [0.1, 0.15) is 91.4 Å². The average molecular weight is 505 g/mol. The molecule has 0 aromatic carbocycles. The van der Waals surface area contributed by atoms with Crippen LogP contribution in [0.5, 0.6) is 0 Å². The molecule has 3 unspecified atom stereocenters. The second-order valence-corrected chi connectivity index (χ2v) is 12.6. The Morgan fingerprint density at radius 3 is 2.47 bits per heavy atom. The largest absolute Gasteiger partial charge is 0.444 e. The van der Waals surface area contributed by atoms with Gasteiger partial charge >= 0.3 is 12.1 Å². The quantitative estimate of drug-likeness (QED) is 0.434. The molecule has 2 N–H and O–H groups in total. The topological polar surface area (TPSA) is 88.1 Å². The summed E-state index contributed by atoms with van der Waals surface area (Å²) >= 11 is 0. The summed E-state index contributed by atoms with van der Waals surface area (Å²) in [5.74, 6) is 0.508. The zero-order valence-corrected chi connectivity index (χ0v) is 23.1. The van der Waals surface area contributed by atoms with Crippen molar-refractivity contribution in [2.24, 2.45) is 17.3 Å². The summed E-state index contributed by atoms with van der Waals surface area (Å²) in [6, 6.07) is 0. The molecule has 3 aliphatic rings. The minimum atomic E-state index is -0.785. The van der Waals surface area contributed by atoms with E-state index in [0.717, 1.165) is 64.3 Å². The molecule has 7 nitrogen and oxygen atoms in total. The van der Waals surface area contributed by atoms with E-state index >= 15 is 0 Å². The number of carbonyl (C=O) groups excluding carboxylic acids is 2. The summed E-state index contributed by atoms with van der Waals surface area (Å²) in [5.41, 5.74) is -1.66. The van der Waals surface area contributed by atoms with E-state index in [2.05, 4.69) is 30.4 Å². The third kappa shape index (κ3) is 8.07. The first kappa shape index (κ1) is 28.7. The maximum absolute atomic E-state index is 13.1. The van der Waals surface area contributed by atoms with Crippen molar-refractivity contribution in [3.8, 4) is 0 Å². The van der Waals surface area contributed by atoms with Gasteiger partial charge in [-0.1, -0.05) is 44.3 Å². The number of nitrogens with one attached hydrogen (secondary N) is 1. The summed E-state index contributed by atoms with van der Waals surface area (Å²) in [6.45, 7) is 6.78. The van der Waals surface area contributed by atoms with Gasteiger partial charge in [0.15, 0.2) is 0 Å². The number of amides is 1. The highest BCUT2D eigenvalue weighted by Gasteiger charge is 2.45. The summed E-state index contributed by atoms with van der Waals surface area (Å²) in [7, 11) is 4.11.